The molecular weight excluding hydrogens is 304 g/mol. The molecule has 1 amide bonds. The summed E-state index contributed by atoms with van der Waals surface area (Å²) in [5, 5.41) is 6.07. The zero-order valence-corrected chi connectivity index (χ0v) is 13.6. The van der Waals surface area contributed by atoms with Crippen molar-refractivity contribution in [2.45, 2.75) is 12.8 Å². The summed E-state index contributed by atoms with van der Waals surface area (Å²) in [4.78, 5) is 16.5. The van der Waals surface area contributed by atoms with E-state index >= 15 is 0 Å². The van der Waals surface area contributed by atoms with Crippen molar-refractivity contribution in [1.82, 2.24) is 10.3 Å². The van der Waals surface area contributed by atoms with E-state index in [0.717, 1.165) is 28.2 Å². The monoisotopic (exact) mass is 322 g/mol. The van der Waals surface area contributed by atoms with Gasteiger partial charge in [0.1, 0.15) is 0 Å². The molecule has 0 aliphatic carbocycles. The number of nitrogens with zero attached hydrogens (tertiary/aromatic N) is 1. The van der Waals surface area contributed by atoms with E-state index in [1.807, 2.05) is 48.5 Å². The van der Waals surface area contributed by atoms with Gasteiger partial charge in [-0.15, -0.1) is 11.3 Å². The second kappa shape index (κ2) is 7.70. The number of hydrogen-bond donors (Lipinski definition) is 1. The van der Waals surface area contributed by atoms with Gasteiger partial charge in [-0.1, -0.05) is 60.7 Å². The molecule has 23 heavy (non-hydrogen) atoms. The van der Waals surface area contributed by atoms with Gasteiger partial charge in [0.2, 0.25) is 5.91 Å². The fourth-order valence-electron chi connectivity index (χ4n) is 2.32. The first-order valence-electron chi connectivity index (χ1n) is 7.62. The molecule has 4 heteroatoms. The topological polar surface area (TPSA) is 42.0 Å². The van der Waals surface area contributed by atoms with Crippen molar-refractivity contribution >= 4 is 17.2 Å². The highest BCUT2D eigenvalue weighted by atomic mass is 32.1. The fourth-order valence-corrected chi connectivity index (χ4v) is 3.13. The molecule has 116 valence electrons. The van der Waals surface area contributed by atoms with Gasteiger partial charge in [-0.05, 0) is 5.56 Å². The van der Waals surface area contributed by atoms with Crippen LogP contribution in [0.1, 0.15) is 10.6 Å². The summed E-state index contributed by atoms with van der Waals surface area (Å²) in [5.74, 6) is 0.0519. The van der Waals surface area contributed by atoms with E-state index in [9.17, 15) is 4.79 Å². The van der Waals surface area contributed by atoms with E-state index in [-0.39, 0.29) is 5.91 Å². The summed E-state index contributed by atoms with van der Waals surface area (Å²) < 4.78 is 0. The molecule has 2 aromatic carbocycles. The van der Waals surface area contributed by atoms with Crippen LogP contribution in [0.25, 0.3) is 11.3 Å². The third-order valence-electron chi connectivity index (χ3n) is 3.49. The highest BCUT2D eigenvalue weighted by molar-refractivity contribution is 7.09. The Hall–Kier alpha value is -2.46. The summed E-state index contributed by atoms with van der Waals surface area (Å²) in [5.41, 5.74) is 3.16. The quantitative estimate of drug-likeness (QED) is 0.751. The van der Waals surface area contributed by atoms with Crippen LogP contribution in [0, 0.1) is 0 Å². The van der Waals surface area contributed by atoms with Crippen molar-refractivity contribution in [1.29, 1.82) is 0 Å². The molecule has 1 aromatic heterocycles. The molecule has 0 saturated carbocycles. The van der Waals surface area contributed by atoms with Gasteiger partial charge in [-0.25, -0.2) is 4.98 Å². The Bertz CT molecular complexity index is 753. The molecule has 0 aliphatic heterocycles. The summed E-state index contributed by atoms with van der Waals surface area (Å²) in [6, 6.07) is 19.9. The van der Waals surface area contributed by atoms with Gasteiger partial charge in [0, 0.05) is 23.9 Å². The van der Waals surface area contributed by atoms with Crippen LogP contribution in [-0.2, 0) is 17.6 Å². The van der Waals surface area contributed by atoms with E-state index in [0.29, 0.717) is 13.0 Å². The number of hydrogen-bond acceptors (Lipinski definition) is 3. The van der Waals surface area contributed by atoms with Crippen molar-refractivity contribution < 1.29 is 4.79 Å². The second-order valence-electron chi connectivity index (χ2n) is 5.25. The molecule has 0 radical (unpaired) electrons. The molecule has 0 aliphatic rings. The molecule has 0 unspecified atom stereocenters. The SMILES string of the molecule is O=C(Cc1ccccc1)NCCc1nc(-c2ccccc2)cs1. The van der Waals surface area contributed by atoms with Gasteiger partial charge < -0.3 is 5.32 Å². The van der Waals surface area contributed by atoms with Crippen molar-refractivity contribution in [2.24, 2.45) is 0 Å². The molecule has 0 spiro atoms. The standard InChI is InChI=1S/C19H18N2OS/c22-18(13-15-7-3-1-4-8-15)20-12-11-19-21-17(14-23-19)16-9-5-2-6-10-16/h1-10,14H,11-13H2,(H,20,22). The Balaban J connectivity index is 1.48. The van der Waals surface area contributed by atoms with Crippen LogP contribution in [-0.4, -0.2) is 17.4 Å². The molecule has 1 heterocycles. The maximum absolute atomic E-state index is 11.9. The summed E-state index contributed by atoms with van der Waals surface area (Å²) in [6.07, 6.45) is 1.19. The Morgan fingerprint density at radius 1 is 1.00 bits per heavy atom. The van der Waals surface area contributed by atoms with Gasteiger partial charge >= 0.3 is 0 Å². The first kappa shape index (κ1) is 15.4. The van der Waals surface area contributed by atoms with Gasteiger partial charge in [0.15, 0.2) is 0 Å². The maximum atomic E-state index is 11.9. The molecule has 3 nitrogen and oxygen atoms in total. The van der Waals surface area contributed by atoms with Gasteiger partial charge in [-0.3, -0.25) is 4.79 Å². The number of carbonyl (C=O) groups excluding carboxylic acids is 1. The van der Waals surface area contributed by atoms with E-state index in [1.54, 1.807) is 11.3 Å². The van der Waals surface area contributed by atoms with Crippen molar-refractivity contribution in [2.75, 3.05) is 6.54 Å². The number of carbonyl (C=O) groups is 1. The number of amides is 1. The Morgan fingerprint density at radius 2 is 1.70 bits per heavy atom. The van der Waals surface area contributed by atoms with Crippen molar-refractivity contribution in [3.05, 3.63) is 76.6 Å². The van der Waals surface area contributed by atoms with E-state index in [1.165, 1.54) is 0 Å². The molecule has 1 N–H and O–H groups in total. The molecule has 0 fully saturated rings. The molecule has 3 rings (SSSR count). The van der Waals surface area contributed by atoms with Crippen LogP contribution in [0.5, 0.6) is 0 Å². The minimum Gasteiger partial charge on any atom is -0.355 e. The molecular formula is C19H18N2OS. The first-order valence-corrected chi connectivity index (χ1v) is 8.50. The number of benzene rings is 2. The molecule has 0 atom stereocenters. The van der Waals surface area contributed by atoms with Gasteiger partial charge in [-0.2, -0.15) is 0 Å². The highest BCUT2D eigenvalue weighted by Crippen LogP contribution is 2.21. The normalized spacial score (nSPS) is 10.4. The Kier molecular flexibility index (Phi) is 5.17. The third-order valence-corrected chi connectivity index (χ3v) is 4.40. The van der Waals surface area contributed by atoms with Gasteiger partial charge in [0.25, 0.3) is 0 Å². The molecule has 0 saturated heterocycles. The number of rotatable bonds is 6. The van der Waals surface area contributed by atoms with Gasteiger partial charge in [0.05, 0.1) is 17.1 Å². The predicted molar refractivity (Wildman–Crippen MR) is 94.4 cm³/mol. The summed E-state index contributed by atoms with van der Waals surface area (Å²) >= 11 is 1.64. The number of nitrogens with one attached hydrogen (secondary N) is 1. The lowest BCUT2D eigenvalue weighted by Crippen LogP contribution is -2.27. The number of aromatic nitrogens is 1. The van der Waals surface area contributed by atoms with Crippen LogP contribution < -0.4 is 5.32 Å². The number of thiazole rings is 1. The lowest BCUT2D eigenvalue weighted by Gasteiger charge is -2.04. The zero-order chi connectivity index (χ0) is 15.9. The van der Waals surface area contributed by atoms with Crippen LogP contribution in [0.3, 0.4) is 0 Å². The lowest BCUT2D eigenvalue weighted by atomic mass is 10.1. The smallest absolute Gasteiger partial charge is 0.224 e. The lowest BCUT2D eigenvalue weighted by molar-refractivity contribution is -0.120. The second-order valence-corrected chi connectivity index (χ2v) is 6.20. The Morgan fingerprint density at radius 3 is 2.43 bits per heavy atom. The summed E-state index contributed by atoms with van der Waals surface area (Å²) in [7, 11) is 0. The molecule has 0 bridgehead atoms. The average molecular weight is 322 g/mol. The predicted octanol–water partition coefficient (Wildman–Crippen LogP) is 3.71. The zero-order valence-electron chi connectivity index (χ0n) is 12.7. The largest absolute Gasteiger partial charge is 0.355 e. The first-order chi connectivity index (χ1) is 11.3. The summed E-state index contributed by atoms with van der Waals surface area (Å²) in [6.45, 7) is 0.618. The van der Waals surface area contributed by atoms with Crippen molar-refractivity contribution in [3.63, 3.8) is 0 Å². The minimum absolute atomic E-state index is 0.0519. The van der Waals surface area contributed by atoms with Crippen LogP contribution in [0.4, 0.5) is 0 Å². The minimum atomic E-state index is 0.0519. The Labute approximate surface area is 140 Å². The highest BCUT2D eigenvalue weighted by Gasteiger charge is 2.06. The van der Waals surface area contributed by atoms with E-state index < -0.39 is 0 Å². The maximum Gasteiger partial charge on any atom is 0.224 e. The van der Waals surface area contributed by atoms with Crippen LogP contribution in [0.2, 0.25) is 0 Å². The van der Waals surface area contributed by atoms with Crippen LogP contribution >= 0.6 is 11.3 Å². The third kappa shape index (κ3) is 4.50. The van der Waals surface area contributed by atoms with E-state index in [4.69, 9.17) is 0 Å². The average Bonchev–Trinajstić information content (AvgIpc) is 3.05. The van der Waals surface area contributed by atoms with Crippen molar-refractivity contribution in [3.8, 4) is 11.3 Å². The fraction of sp³-hybridized carbons (Fsp3) is 0.158. The molecule has 3 aromatic rings. The van der Waals surface area contributed by atoms with E-state index in [2.05, 4.69) is 27.8 Å². The van der Waals surface area contributed by atoms with Crippen LogP contribution in [0.15, 0.2) is 66.0 Å².